The van der Waals surface area contributed by atoms with Gasteiger partial charge in [-0.3, -0.25) is 92.3 Å². The molecule has 29 atom stereocenters. The number of imidazole rings is 4. The molecule has 71 heteroatoms. The summed E-state index contributed by atoms with van der Waals surface area (Å²) in [4.78, 5) is 159. The monoisotopic (exact) mass is 2030 g/mol. The van der Waals surface area contributed by atoms with Crippen LogP contribution in [0.1, 0.15) is 37.4 Å². The van der Waals surface area contributed by atoms with Crippen LogP contribution in [0.4, 0.5) is 35.0 Å². The number of nitrogens with zero attached hydrogens (tertiary/aromatic N) is 19. The molecule has 21 rings (SSSR count). The van der Waals surface area contributed by atoms with Crippen molar-refractivity contribution in [2.45, 2.75) is 141 Å². The van der Waals surface area contributed by atoms with E-state index in [1.807, 2.05) is 0 Å². The molecule has 9 saturated heterocycles. The normalized spacial score (nSPS) is 36.9. The van der Waals surface area contributed by atoms with Crippen LogP contribution in [0.2, 0.25) is 0 Å². The molecule has 6 bridgehead atoms. The van der Waals surface area contributed by atoms with Gasteiger partial charge in [-0.15, -0.1) is 0 Å². The van der Waals surface area contributed by atoms with Crippen molar-refractivity contribution in [1.29, 1.82) is 0 Å². The van der Waals surface area contributed by atoms with Crippen LogP contribution in [-0.2, 0) is 110 Å². The summed E-state index contributed by atoms with van der Waals surface area (Å²) in [6.07, 6.45) is -23.0. The van der Waals surface area contributed by atoms with Crippen LogP contribution < -0.4 is 45.3 Å². The number of aliphatic hydroxyl groups excluding tert-OH is 5. The number of fused-ring (bicyclic) bond motifs is 15. The standard InChI is InChI=1S/C22H24N10O13P2.C22H25N7O13P2.C21H24N10O12P2/c1-25-7-2-31(17-10(7)16(23)26-5-27-17)20-13(34)14-9(43-20)4-41-47(38,39)45-15-12(33)8(3-40-46(36,37)44-14)42-21(15)32-6-28-11-18(32)29-22(24)30-19(11)35;23-18-9-2-4-28(19(9)26-7-25-18)21-15(31)16-12(40-21)6-38-44(35,36)42-17-14(30)11(5-37-43(33,34)41-16)39-22(17)29-8-27-13-10(29)1-3-24-20(13)32;1-7-8-2-38-45(36,37)43-14-9(41-19(12(14)32)30-5-26-10-15(22)24-4-25-16(10)30)3-39-44(34,35)42-13(7)20(40-8)31-6-27-11-17(31)28-21(23)29-18(11)33/h2,5-6,8-9,12-15,20-21,33-34H,3-4H2,(H,36,37)(H,38,39)(H2,23,26,27)(H3,24,29,30,35);1-4,7-8,11-12,14-17,21-22,30-31H,5-6H2,(H,24,32)(H,33,34)(H,35,36)(H2,23,25,26);4-6,8-9,12-14,19-20,32H,1-3H2,(H,34,35)(H,36,37)(H2,22,24,25)(H3,23,28,29,33)/t8-,9-,12-,13-,14-,15-,20-,21-;11-,12-,14-,15-,16-,17-,21-,22-;8-,9-,12-,13-,14-,19-,20-/m111/s1. The number of aromatic nitrogens is 21. The number of anilines is 5. The maximum absolute atomic E-state index is 13.3. The average Bonchev–Trinajstić information content (AvgIpc) is 1.30. The van der Waals surface area contributed by atoms with E-state index in [-0.39, 0.29) is 102 Å². The Morgan fingerprint density at radius 1 is 0.404 bits per heavy atom. The minimum Gasteiger partial charge on any atom is -0.387 e. The Morgan fingerprint density at radius 3 is 1.33 bits per heavy atom. The highest BCUT2D eigenvalue weighted by Gasteiger charge is 2.59. The van der Waals surface area contributed by atoms with Crippen LogP contribution >= 0.6 is 46.9 Å². The lowest BCUT2D eigenvalue weighted by Gasteiger charge is -2.26. The SMILES string of the molecule is C=C1[C@H]2OP(=O)(O)OC[C@H]3O[C@@H](n4cnc5c(N)ncnc54)[C@H](O)[C@@H]3OP(=O)(O)OC[C@H]1O[C@H]2n1cnc2c(=O)[nH]c(N)nc21.Nc1ncnc2c1ccn2[C@@H]1O[C@@H]2COP(=O)(O)O[C@@H]3[C@H](O)[C@@H](COP(=O)(O)O[C@H]2[C@H]1O)O[C@H]3n1cnc2c(=O)[nH]ccc21.[C-]#[N+]c1cn([C@@H]2O[C@@H]3COP(=O)(O)O[C@@H]4[C@H](O)[C@@H](COP(=O)(O)O[C@H]3[C@H]2O)O[C@H]4n2cnc3c(=O)[nH]c(N)nc32)c2ncnc(N)c12. The summed E-state index contributed by atoms with van der Waals surface area (Å²) in [5.41, 5.74) is 27.5. The molecule has 0 saturated carbocycles. The Labute approximate surface area is 751 Å². The Hall–Kier alpha value is -10.6. The maximum atomic E-state index is 13.3. The van der Waals surface area contributed by atoms with Gasteiger partial charge in [0.25, 0.3) is 16.7 Å². The highest BCUT2D eigenvalue weighted by Crippen LogP contribution is 2.59. The Morgan fingerprint density at radius 2 is 0.809 bits per heavy atom. The maximum Gasteiger partial charge on any atom is 0.473 e. The molecule has 0 aromatic carbocycles. The highest BCUT2D eigenvalue weighted by atomic mass is 31.2. The number of nitrogens with two attached hydrogens (primary N) is 5. The lowest BCUT2D eigenvalue weighted by Crippen LogP contribution is -2.36. The molecular formula is C65H73N27O38P6. The van der Waals surface area contributed by atoms with Gasteiger partial charge in [-0.05, 0) is 17.7 Å². The number of nitrogen functional groups attached to an aromatic ring is 5. The molecule has 9 aliphatic rings. The number of nitrogens with one attached hydrogen (secondary N) is 3. The number of hydrogen-bond donors (Lipinski definition) is 19. The number of phosphoric ester groups is 6. The van der Waals surface area contributed by atoms with Gasteiger partial charge < -0.3 is 131 Å². The van der Waals surface area contributed by atoms with Crippen molar-refractivity contribution in [1.82, 2.24) is 102 Å². The zero-order valence-electron chi connectivity index (χ0n) is 68.2. The second-order valence-corrected chi connectivity index (χ2v) is 39.3. The van der Waals surface area contributed by atoms with Crippen molar-refractivity contribution in [3.05, 3.63) is 130 Å². The minimum absolute atomic E-state index is 0.00146. The van der Waals surface area contributed by atoms with E-state index >= 15 is 0 Å². The second-order valence-electron chi connectivity index (χ2n) is 30.9. The lowest BCUT2D eigenvalue weighted by molar-refractivity contribution is -0.0672. The molecule has 9 fully saturated rings. The van der Waals surface area contributed by atoms with Gasteiger partial charge in [0.15, 0.2) is 76.7 Å². The van der Waals surface area contributed by atoms with Gasteiger partial charge in [0.2, 0.25) is 17.6 Å². The summed E-state index contributed by atoms with van der Waals surface area (Å²) in [7, 11) is -30.3. The summed E-state index contributed by atoms with van der Waals surface area (Å²) in [6.45, 7) is 6.62. The van der Waals surface area contributed by atoms with Crippen LogP contribution in [0.3, 0.4) is 0 Å². The Balaban J connectivity index is 0.000000131. The van der Waals surface area contributed by atoms with E-state index in [1.165, 1.54) is 66.5 Å². The van der Waals surface area contributed by atoms with Crippen molar-refractivity contribution in [3.8, 4) is 0 Å². The molecule has 136 heavy (non-hydrogen) atoms. The molecule has 65 nitrogen and oxygen atoms in total. The van der Waals surface area contributed by atoms with Gasteiger partial charge in [0.05, 0.1) is 87.8 Å². The molecule has 6 unspecified atom stereocenters. The second kappa shape index (κ2) is 35.7. The number of phosphoric acid groups is 6. The number of ether oxygens (including phenoxy) is 6. The van der Waals surface area contributed by atoms with Gasteiger partial charge in [-0.1, -0.05) is 6.58 Å². The molecule has 12 aromatic heterocycles. The van der Waals surface area contributed by atoms with Gasteiger partial charge in [-0.2, -0.15) is 9.97 Å². The third kappa shape index (κ3) is 17.8. The first-order valence-corrected chi connectivity index (χ1v) is 48.4. The lowest BCUT2D eigenvalue weighted by atomic mass is 10.1. The average molecular weight is 2030 g/mol. The fraction of sp³-hybridized carbons (Fsp3) is 0.446. The molecule has 0 radical (unpaired) electrons. The van der Waals surface area contributed by atoms with Crippen LogP contribution in [0.5, 0.6) is 0 Å². The molecule has 12 aromatic rings. The number of H-pyrrole nitrogens is 3. The zero-order valence-corrected chi connectivity index (χ0v) is 73.5. The molecule has 21 heterocycles. The largest absolute Gasteiger partial charge is 0.473 e. The fourth-order valence-electron chi connectivity index (χ4n) is 16.3. The van der Waals surface area contributed by atoms with E-state index in [2.05, 4.69) is 86.2 Å². The van der Waals surface area contributed by atoms with Crippen LogP contribution in [-0.4, -0.2) is 300 Å². The fourth-order valence-corrected chi connectivity index (χ4v) is 22.0. The molecular weight excluding hydrogens is 1950 g/mol. The predicted octanol–water partition coefficient (Wildman–Crippen LogP) is -3.05. The number of aromatic amines is 3. The smallest absolute Gasteiger partial charge is 0.387 e. The summed E-state index contributed by atoms with van der Waals surface area (Å²) >= 11 is 0. The van der Waals surface area contributed by atoms with E-state index in [0.717, 1.165) is 29.9 Å². The summed E-state index contributed by atoms with van der Waals surface area (Å²) in [5.74, 6) is -0.369. The molecule has 24 N–H and O–H groups in total. The van der Waals surface area contributed by atoms with Crippen molar-refractivity contribution >= 4 is 149 Å². The van der Waals surface area contributed by atoms with Crippen molar-refractivity contribution < 1.29 is 165 Å². The van der Waals surface area contributed by atoms with Gasteiger partial charge in [0, 0.05) is 18.6 Å². The number of aliphatic hydroxyl groups is 5. The molecule has 0 aliphatic carbocycles. The number of pyridine rings is 1. The van der Waals surface area contributed by atoms with Crippen LogP contribution in [0.25, 0.3) is 71.4 Å². The third-order valence-electron chi connectivity index (χ3n) is 22.5. The number of hydrogen-bond acceptors (Lipinski definition) is 49. The van der Waals surface area contributed by atoms with E-state index in [4.69, 9.17) is 118 Å². The number of rotatable bonds is 6. The third-order valence-corrected chi connectivity index (χ3v) is 28.4. The minimum atomic E-state index is -5.15. The van der Waals surface area contributed by atoms with E-state index in [9.17, 15) is 96.7 Å². The van der Waals surface area contributed by atoms with Crippen molar-refractivity contribution in [2.75, 3.05) is 68.3 Å². The first-order valence-electron chi connectivity index (χ1n) is 39.4. The molecule has 9 aliphatic heterocycles. The Bertz CT molecular complexity index is 7280. The predicted molar refractivity (Wildman–Crippen MR) is 442 cm³/mol. The molecule has 0 spiro atoms. The Kier molecular flexibility index (Phi) is 24.7. The summed E-state index contributed by atoms with van der Waals surface area (Å²) < 4.78 is 185. The topological polar surface area (TPSA) is 908 Å². The first-order chi connectivity index (χ1) is 64.5. The van der Waals surface area contributed by atoms with Gasteiger partial charge in [-0.25, -0.2) is 82.1 Å². The van der Waals surface area contributed by atoms with Crippen molar-refractivity contribution in [3.63, 3.8) is 0 Å². The first kappa shape index (κ1) is 94.3. The van der Waals surface area contributed by atoms with Gasteiger partial charge in [0.1, 0.15) is 151 Å². The van der Waals surface area contributed by atoms with Gasteiger partial charge >= 0.3 is 46.9 Å². The van der Waals surface area contributed by atoms with Crippen molar-refractivity contribution in [2.24, 2.45) is 0 Å². The zero-order chi connectivity index (χ0) is 96.2. The summed E-state index contributed by atoms with van der Waals surface area (Å²) in [6, 6.07) is 3.05. The van der Waals surface area contributed by atoms with Crippen LogP contribution in [0, 0.1) is 6.57 Å². The quantitative estimate of drug-likeness (QED) is 0.0447. The highest BCUT2D eigenvalue weighted by molar-refractivity contribution is 7.48. The molecule has 0 amide bonds. The van der Waals surface area contributed by atoms with Crippen LogP contribution in [0.15, 0.2) is 102 Å². The van der Waals surface area contributed by atoms with E-state index in [0.29, 0.717) is 5.39 Å². The summed E-state index contributed by atoms with van der Waals surface area (Å²) in [5, 5.41) is 56.2. The van der Waals surface area contributed by atoms with E-state index in [1.54, 1.807) is 6.07 Å². The molecule has 726 valence electrons. The van der Waals surface area contributed by atoms with E-state index < -0.39 is 244 Å².